The van der Waals surface area contributed by atoms with Gasteiger partial charge in [0.05, 0.1) is 18.0 Å². The van der Waals surface area contributed by atoms with E-state index in [4.69, 9.17) is 5.73 Å². The van der Waals surface area contributed by atoms with Gasteiger partial charge in [-0.15, -0.1) is 0 Å². The minimum absolute atomic E-state index is 0.0955. The van der Waals surface area contributed by atoms with Crippen LogP contribution in [-0.4, -0.2) is 66.2 Å². The Morgan fingerprint density at radius 2 is 1.83 bits per heavy atom. The third-order valence-electron chi connectivity index (χ3n) is 4.70. The van der Waals surface area contributed by atoms with Crippen LogP contribution >= 0.6 is 0 Å². The maximum absolute atomic E-state index is 13.7. The van der Waals surface area contributed by atoms with Gasteiger partial charge in [0.2, 0.25) is 16.0 Å². The first-order chi connectivity index (χ1) is 13.4. The summed E-state index contributed by atoms with van der Waals surface area (Å²) in [7, 11) is -3.38. The Kier molecular flexibility index (Phi) is 5.72. The Hall–Kier alpha value is -2.41. The van der Waals surface area contributed by atoms with E-state index in [1.165, 1.54) is 4.31 Å². The largest absolute Gasteiger partial charge is 0.418 e. The minimum atomic E-state index is -4.60. The topological polar surface area (TPSA) is 104 Å². The molecule has 3 rings (SSSR count). The van der Waals surface area contributed by atoms with E-state index >= 15 is 0 Å². The number of halogens is 4. The lowest BCUT2D eigenvalue weighted by Gasteiger charge is -2.38. The number of sulfonamides is 1. The molecule has 0 bridgehead atoms. The summed E-state index contributed by atoms with van der Waals surface area (Å²) < 4.78 is 78.7. The first kappa shape index (κ1) is 21.3. The van der Waals surface area contributed by atoms with Gasteiger partial charge in [0.25, 0.3) is 0 Å². The van der Waals surface area contributed by atoms with Gasteiger partial charge < -0.3 is 16.0 Å². The SMILES string of the molecule is CS(=O)(=O)N1CCN(C2=C(C(F)(F)F)C=C(Nc3ncc(F)c(N)n3)CC2)CC1. The van der Waals surface area contributed by atoms with E-state index in [1.54, 1.807) is 4.90 Å². The van der Waals surface area contributed by atoms with E-state index in [0.29, 0.717) is 0 Å². The van der Waals surface area contributed by atoms with Gasteiger partial charge in [-0.05, 0) is 18.9 Å². The number of hydrogen-bond donors (Lipinski definition) is 2. The molecule has 8 nitrogen and oxygen atoms in total. The summed E-state index contributed by atoms with van der Waals surface area (Å²) in [5.41, 5.74) is 4.89. The van der Waals surface area contributed by atoms with Crippen molar-refractivity contribution in [3.63, 3.8) is 0 Å². The lowest BCUT2D eigenvalue weighted by molar-refractivity contribution is -0.0910. The number of rotatable bonds is 4. The van der Waals surface area contributed by atoms with Crippen molar-refractivity contribution >= 4 is 21.8 Å². The maximum atomic E-state index is 13.7. The minimum Gasteiger partial charge on any atom is -0.381 e. The Morgan fingerprint density at radius 1 is 1.17 bits per heavy atom. The van der Waals surface area contributed by atoms with Gasteiger partial charge in [-0.1, -0.05) is 0 Å². The zero-order chi connectivity index (χ0) is 21.4. The Labute approximate surface area is 165 Å². The molecular weight excluding hydrogens is 416 g/mol. The summed E-state index contributed by atoms with van der Waals surface area (Å²) in [6.45, 7) is 0.613. The Morgan fingerprint density at radius 3 is 2.38 bits per heavy atom. The number of alkyl halides is 3. The van der Waals surface area contributed by atoms with Crippen LogP contribution in [0, 0.1) is 5.82 Å². The quantitative estimate of drug-likeness (QED) is 0.692. The number of nitrogens with zero attached hydrogens (tertiary/aromatic N) is 4. The standard InChI is InChI=1S/C16H20F4N6O2S/c1-29(27,28)26-6-4-25(5-7-26)13-3-2-10(8-11(13)16(18,19)20)23-15-22-9-12(17)14(21)24-15/h8-9H,2-7H2,1H3,(H3,21,22,23,24). The van der Waals surface area contributed by atoms with Crippen molar-refractivity contribution in [2.24, 2.45) is 0 Å². The molecule has 0 atom stereocenters. The number of piperazine rings is 1. The summed E-state index contributed by atoms with van der Waals surface area (Å²) in [4.78, 5) is 8.91. The third kappa shape index (κ3) is 4.96. The van der Waals surface area contributed by atoms with E-state index in [1.807, 2.05) is 0 Å². The predicted molar refractivity (Wildman–Crippen MR) is 98.4 cm³/mol. The highest BCUT2D eigenvalue weighted by atomic mass is 32.2. The molecule has 0 amide bonds. The van der Waals surface area contributed by atoms with Crippen LogP contribution in [0.25, 0.3) is 0 Å². The molecule has 0 saturated carbocycles. The maximum Gasteiger partial charge on any atom is 0.418 e. The van der Waals surface area contributed by atoms with Crippen LogP contribution in [0.4, 0.5) is 29.3 Å². The molecular formula is C16H20F4N6O2S. The fraction of sp³-hybridized carbons (Fsp3) is 0.500. The molecule has 2 aliphatic rings. The molecule has 1 aromatic heterocycles. The summed E-state index contributed by atoms with van der Waals surface area (Å²) in [5.74, 6) is -1.32. The van der Waals surface area contributed by atoms with Crippen LogP contribution in [0.1, 0.15) is 12.8 Å². The van der Waals surface area contributed by atoms with Gasteiger partial charge in [0.1, 0.15) is 0 Å². The molecule has 29 heavy (non-hydrogen) atoms. The molecule has 0 radical (unpaired) electrons. The second kappa shape index (κ2) is 7.78. The van der Waals surface area contributed by atoms with E-state index in [2.05, 4.69) is 15.3 Å². The molecule has 1 aliphatic heterocycles. The highest BCUT2D eigenvalue weighted by Gasteiger charge is 2.39. The number of nitrogens with one attached hydrogen (secondary N) is 1. The van der Waals surface area contributed by atoms with Crippen molar-refractivity contribution in [1.29, 1.82) is 0 Å². The van der Waals surface area contributed by atoms with E-state index in [0.717, 1.165) is 18.5 Å². The number of nitrogens with two attached hydrogens (primary N) is 1. The van der Waals surface area contributed by atoms with E-state index < -0.39 is 33.4 Å². The average molecular weight is 436 g/mol. The van der Waals surface area contributed by atoms with Crippen molar-refractivity contribution in [1.82, 2.24) is 19.2 Å². The molecule has 0 aromatic carbocycles. The molecule has 1 aliphatic carbocycles. The van der Waals surface area contributed by atoms with E-state index in [-0.39, 0.29) is 56.4 Å². The summed E-state index contributed by atoms with van der Waals surface area (Å²) >= 11 is 0. The zero-order valence-electron chi connectivity index (χ0n) is 15.5. The zero-order valence-corrected chi connectivity index (χ0v) is 16.3. The molecule has 0 unspecified atom stereocenters. The van der Waals surface area contributed by atoms with Crippen LogP contribution in [0.5, 0.6) is 0 Å². The third-order valence-corrected chi connectivity index (χ3v) is 6.00. The van der Waals surface area contributed by atoms with Gasteiger partial charge in [0.15, 0.2) is 11.6 Å². The molecule has 1 saturated heterocycles. The molecule has 160 valence electrons. The lowest BCUT2D eigenvalue weighted by Crippen LogP contribution is -2.48. The van der Waals surface area contributed by atoms with Crippen LogP contribution in [0.2, 0.25) is 0 Å². The van der Waals surface area contributed by atoms with Gasteiger partial charge in [0, 0.05) is 37.6 Å². The highest BCUT2D eigenvalue weighted by Crippen LogP contribution is 2.37. The number of hydrogen-bond acceptors (Lipinski definition) is 7. The van der Waals surface area contributed by atoms with Crippen molar-refractivity contribution < 1.29 is 26.0 Å². The molecule has 1 aromatic rings. The lowest BCUT2D eigenvalue weighted by atomic mass is 9.98. The normalized spacial score (nSPS) is 19.3. The monoisotopic (exact) mass is 436 g/mol. The van der Waals surface area contributed by atoms with Gasteiger partial charge in [-0.2, -0.15) is 22.5 Å². The van der Waals surface area contributed by atoms with Crippen molar-refractivity contribution in [2.45, 2.75) is 19.0 Å². The smallest absolute Gasteiger partial charge is 0.381 e. The predicted octanol–water partition coefficient (Wildman–Crippen LogP) is 1.68. The number of anilines is 2. The van der Waals surface area contributed by atoms with Crippen molar-refractivity contribution in [3.05, 3.63) is 35.1 Å². The van der Waals surface area contributed by atoms with Crippen LogP contribution < -0.4 is 11.1 Å². The second-order valence-electron chi connectivity index (χ2n) is 6.73. The van der Waals surface area contributed by atoms with E-state index in [9.17, 15) is 26.0 Å². The fourth-order valence-electron chi connectivity index (χ4n) is 3.26. The van der Waals surface area contributed by atoms with Crippen molar-refractivity contribution in [3.8, 4) is 0 Å². The molecule has 2 heterocycles. The summed E-state index contributed by atoms with van der Waals surface area (Å²) in [6.07, 6.45) is -1.36. The van der Waals surface area contributed by atoms with Gasteiger partial charge >= 0.3 is 6.18 Å². The van der Waals surface area contributed by atoms with Gasteiger partial charge in [-0.25, -0.2) is 17.8 Å². The first-order valence-electron chi connectivity index (χ1n) is 8.71. The highest BCUT2D eigenvalue weighted by molar-refractivity contribution is 7.88. The number of allylic oxidation sites excluding steroid dienone is 4. The molecule has 3 N–H and O–H groups in total. The first-order valence-corrected chi connectivity index (χ1v) is 10.6. The van der Waals surface area contributed by atoms with Gasteiger partial charge in [-0.3, -0.25) is 0 Å². The Bertz CT molecular complexity index is 953. The Balaban J connectivity index is 1.83. The second-order valence-corrected chi connectivity index (χ2v) is 8.71. The molecule has 13 heteroatoms. The summed E-state index contributed by atoms with van der Waals surface area (Å²) in [5, 5.41) is 2.65. The summed E-state index contributed by atoms with van der Waals surface area (Å²) in [6, 6.07) is 0. The fourth-order valence-corrected chi connectivity index (χ4v) is 4.09. The number of nitrogen functional groups attached to an aromatic ring is 1. The van der Waals surface area contributed by atoms with Crippen molar-refractivity contribution in [2.75, 3.05) is 43.5 Å². The molecule has 0 spiro atoms. The number of aromatic nitrogens is 2. The van der Waals surface area contributed by atoms with Crippen LogP contribution in [0.3, 0.4) is 0 Å². The average Bonchev–Trinajstić information content (AvgIpc) is 2.63. The van der Waals surface area contributed by atoms with Crippen LogP contribution in [0.15, 0.2) is 29.2 Å². The molecule has 1 fully saturated rings. The van der Waals surface area contributed by atoms with Crippen LogP contribution in [-0.2, 0) is 10.0 Å².